The molecule has 2 aromatic carbocycles. The molecule has 1 amide bonds. The normalized spacial score (nSPS) is 10.6. The van der Waals surface area contributed by atoms with E-state index in [1.54, 1.807) is 41.2 Å². The minimum atomic E-state index is -0.291. The van der Waals surface area contributed by atoms with Gasteiger partial charge in [0.15, 0.2) is 0 Å². The molecule has 0 unspecified atom stereocenters. The van der Waals surface area contributed by atoms with Crippen LogP contribution < -0.4 is 10.1 Å². The number of benzene rings is 2. The van der Waals surface area contributed by atoms with Crippen molar-refractivity contribution in [2.45, 2.75) is 6.42 Å². The molecule has 3 aromatic rings. The van der Waals surface area contributed by atoms with E-state index in [9.17, 15) is 9.18 Å². The molecule has 0 aliphatic carbocycles. The van der Waals surface area contributed by atoms with Crippen LogP contribution in [0.1, 0.15) is 16.1 Å². The van der Waals surface area contributed by atoms with Crippen LogP contribution >= 0.6 is 11.6 Å². The van der Waals surface area contributed by atoms with Gasteiger partial charge in [-0.1, -0.05) is 17.7 Å². The number of halogens is 2. The van der Waals surface area contributed by atoms with Crippen LogP contribution in [0.3, 0.4) is 0 Å². The Kier molecular flexibility index (Phi) is 5.53. The van der Waals surface area contributed by atoms with E-state index < -0.39 is 0 Å². The zero-order valence-corrected chi connectivity index (χ0v) is 14.8. The van der Waals surface area contributed by atoms with E-state index in [-0.39, 0.29) is 11.7 Å². The van der Waals surface area contributed by atoms with Gasteiger partial charge in [0.25, 0.3) is 5.91 Å². The monoisotopic (exact) mass is 373 g/mol. The van der Waals surface area contributed by atoms with Gasteiger partial charge in [-0.2, -0.15) is 5.10 Å². The Morgan fingerprint density at radius 1 is 1.23 bits per heavy atom. The highest BCUT2D eigenvalue weighted by atomic mass is 35.5. The maximum Gasteiger partial charge on any atom is 0.255 e. The van der Waals surface area contributed by atoms with Crippen LogP contribution in [0.2, 0.25) is 5.02 Å². The Bertz CT molecular complexity index is 909. The first-order valence-electron chi connectivity index (χ1n) is 7.99. The third-order valence-corrected chi connectivity index (χ3v) is 4.12. The van der Waals surface area contributed by atoms with Gasteiger partial charge in [0, 0.05) is 19.2 Å². The van der Waals surface area contributed by atoms with E-state index in [1.165, 1.54) is 19.2 Å². The Balaban J connectivity index is 1.60. The lowest BCUT2D eigenvalue weighted by atomic mass is 10.2. The van der Waals surface area contributed by atoms with E-state index in [4.69, 9.17) is 16.3 Å². The second-order valence-electron chi connectivity index (χ2n) is 5.55. The maximum absolute atomic E-state index is 13.0. The summed E-state index contributed by atoms with van der Waals surface area (Å²) in [5.74, 6) is -0.199. The van der Waals surface area contributed by atoms with Crippen molar-refractivity contribution in [3.05, 3.63) is 76.8 Å². The average Bonchev–Trinajstić information content (AvgIpc) is 3.11. The molecular weight excluding hydrogens is 357 g/mol. The lowest BCUT2D eigenvalue weighted by Gasteiger charge is -2.10. The number of carbonyl (C=O) groups is 1. The van der Waals surface area contributed by atoms with Crippen LogP contribution in [0.5, 0.6) is 5.75 Å². The molecule has 134 valence electrons. The van der Waals surface area contributed by atoms with E-state index in [0.717, 1.165) is 11.4 Å². The van der Waals surface area contributed by atoms with E-state index >= 15 is 0 Å². The van der Waals surface area contributed by atoms with Crippen LogP contribution in [0.25, 0.3) is 5.69 Å². The van der Waals surface area contributed by atoms with Crippen molar-refractivity contribution in [2.75, 3.05) is 13.7 Å². The zero-order chi connectivity index (χ0) is 18.5. The molecule has 0 aliphatic rings. The molecule has 0 spiro atoms. The summed E-state index contributed by atoms with van der Waals surface area (Å²) in [5.41, 5.74) is 1.97. The number of amides is 1. The highest BCUT2D eigenvalue weighted by Crippen LogP contribution is 2.28. The summed E-state index contributed by atoms with van der Waals surface area (Å²) in [6, 6.07) is 12.9. The number of carbonyl (C=O) groups excluding carboxylic acids is 1. The van der Waals surface area contributed by atoms with Crippen molar-refractivity contribution >= 4 is 17.5 Å². The third-order valence-electron chi connectivity index (χ3n) is 3.82. The van der Waals surface area contributed by atoms with Crippen LogP contribution in [-0.2, 0) is 6.42 Å². The summed E-state index contributed by atoms with van der Waals surface area (Å²) < 4.78 is 19.8. The molecule has 0 bridgehead atoms. The van der Waals surface area contributed by atoms with E-state index in [0.29, 0.717) is 29.3 Å². The summed E-state index contributed by atoms with van der Waals surface area (Å²) in [6.45, 7) is 0.412. The Morgan fingerprint density at radius 2 is 2.00 bits per heavy atom. The van der Waals surface area contributed by atoms with Crippen molar-refractivity contribution in [3.63, 3.8) is 0 Å². The van der Waals surface area contributed by atoms with Gasteiger partial charge in [0.05, 0.1) is 29.1 Å². The van der Waals surface area contributed by atoms with Gasteiger partial charge in [-0.15, -0.1) is 0 Å². The van der Waals surface area contributed by atoms with Gasteiger partial charge < -0.3 is 10.1 Å². The minimum Gasteiger partial charge on any atom is -0.494 e. The van der Waals surface area contributed by atoms with Gasteiger partial charge in [-0.3, -0.25) is 4.79 Å². The van der Waals surface area contributed by atoms with Gasteiger partial charge >= 0.3 is 0 Å². The topological polar surface area (TPSA) is 56.1 Å². The number of nitrogens with one attached hydrogen (secondary N) is 1. The fourth-order valence-corrected chi connectivity index (χ4v) is 2.78. The average molecular weight is 374 g/mol. The molecule has 0 atom stereocenters. The van der Waals surface area contributed by atoms with Crippen LogP contribution in [0.15, 0.2) is 54.7 Å². The molecule has 0 aliphatic heterocycles. The number of aromatic nitrogens is 2. The Hall–Kier alpha value is -2.86. The SMILES string of the molecule is COc1c(Cl)cccc1C(=O)NCCc1ccn(-c2ccc(F)cc2)n1. The quantitative estimate of drug-likeness (QED) is 0.717. The lowest BCUT2D eigenvalue weighted by molar-refractivity contribution is 0.0951. The third kappa shape index (κ3) is 4.03. The summed E-state index contributed by atoms with van der Waals surface area (Å²) in [7, 11) is 1.47. The van der Waals surface area contributed by atoms with Crippen molar-refractivity contribution in [1.29, 1.82) is 0 Å². The molecular formula is C19H17ClFN3O2. The summed E-state index contributed by atoms with van der Waals surface area (Å²) in [5, 5.41) is 7.64. The number of hydrogen-bond acceptors (Lipinski definition) is 3. The van der Waals surface area contributed by atoms with Gasteiger partial charge in [-0.25, -0.2) is 9.07 Å². The predicted octanol–water partition coefficient (Wildman–Crippen LogP) is 3.65. The van der Waals surface area contributed by atoms with Crippen LogP contribution in [0.4, 0.5) is 4.39 Å². The second-order valence-corrected chi connectivity index (χ2v) is 5.96. The number of para-hydroxylation sites is 1. The maximum atomic E-state index is 13.0. The highest BCUT2D eigenvalue weighted by molar-refractivity contribution is 6.32. The van der Waals surface area contributed by atoms with Crippen molar-refractivity contribution in [2.24, 2.45) is 0 Å². The molecule has 1 N–H and O–H groups in total. The molecule has 0 saturated heterocycles. The number of ether oxygens (including phenoxy) is 1. The molecule has 0 radical (unpaired) electrons. The first kappa shape index (κ1) is 17.9. The largest absolute Gasteiger partial charge is 0.494 e. The smallest absolute Gasteiger partial charge is 0.255 e. The van der Waals surface area contributed by atoms with Crippen LogP contribution in [-0.4, -0.2) is 29.3 Å². The molecule has 26 heavy (non-hydrogen) atoms. The Morgan fingerprint density at radius 3 is 2.73 bits per heavy atom. The van der Waals surface area contributed by atoms with E-state index in [2.05, 4.69) is 10.4 Å². The van der Waals surface area contributed by atoms with Crippen LogP contribution in [0, 0.1) is 5.82 Å². The molecule has 1 aromatic heterocycles. The number of nitrogens with zero attached hydrogens (tertiary/aromatic N) is 2. The number of methoxy groups -OCH3 is 1. The van der Waals surface area contributed by atoms with Gasteiger partial charge in [0.1, 0.15) is 11.6 Å². The van der Waals surface area contributed by atoms with Crippen molar-refractivity contribution in [3.8, 4) is 11.4 Å². The van der Waals surface area contributed by atoms with Crippen molar-refractivity contribution < 1.29 is 13.9 Å². The first-order valence-corrected chi connectivity index (χ1v) is 8.37. The number of hydrogen-bond donors (Lipinski definition) is 1. The summed E-state index contributed by atoms with van der Waals surface area (Å²) in [6.07, 6.45) is 2.35. The molecule has 0 fully saturated rings. The molecule has 1 heterocycles. The second kappa shape index (κ2) is 8.01. The first-order chi connectivity index (χ1) is 12.6. The van der Waals surface area contributed by atoms with Gasteiger partial charge in [0.2, 0.25) is 0 Å². The van der Waals surface area contributed by atoms with Crippen molar-refractivity contribution in [1.82, 2.24) is 15.1 Å². The Labute approximate surface area is 155 Å². The number of rotatable bonds is 6. The lowest BCUT2D eigenvalue weighted by Crippen LogP contribution is -2.26. The summed E-state index contributed by atoms with van der Waals surface area (Å²) in [4.78, 5) is 12.3. The molecule has 3 rings (SSSR count). The predicted molar refractivity (Wildman–Crippen MR) is 97.6 cm³/mol. The molecule has 5 nitrogen and oxygen atoms in total. The van der Waals surface area contributed by atoms with E-state index in [1.807, 2.05) is 6.07 Å². The summed E-state index contributed by atoms with van der Waals surface area (Å²) >= 11 is 6.03. The fourth-order valence-electron chi connectivity index (χ4n) is 2.53. The van der Waals surface area contributed by atoms with Gasteiger partial charge in [-0.05, 0) is 42.5 Å². The molecule has 0 saturated carbocycles. The fraction of sp³-hybridized carbons (Fsp3) is 0.158. The highest BCUT2D eigenvalue weighted by Gasteiger charge is 2.14. The standard InChI is InChI=1S/C19H17ClFN3O2/c1-26-18-16(3-2-4-17(18)20)19(25)22-11-9-14-10-12-24(23-14)15-7-5-13(21)6-8-15/h2-8,10,12H,9,11H2,1H3,(H,22,25). The zero-order valence-electron chi connectivity index (χ0n) is 14.1. The molecule has 7 heteroatoms. The minimum absolute atomic E-state index is 0.262.